The quantitative estimate of drug-likeness (QED) is 0.473. The van der Waals surface area contributed by atoms with Crippen LogP contribution in [0.25, 0.3) is 11.5 Å². The summed E-state index contributed by atoms with van der Waals surface area (Å²) in [5.74, 6) is 1.47. The molecule has 0 saturated carbocycles. The van der Waals surface area contributed by atoms with Gasteiger partial charge in [0.05, 0.1) is 11.5 Å². The molecule has 0 amide bonds. The standard InChI is InChI=1S/C22H27N5OS/c1-2-23-22(26-18-10-12-27(13-11-18)20-9-6-14-29-20)24-15-19-16-28-21(25-19)17-7-4-3-5-8-17/h3-9,14,16,18H,2,10-13,15H2,1H3,(H2,23,24,26). The molecule has 29 heavy (non-hydrogen) atoms. The maximum absolute atomic E-state index is 5.61. The highest BCUT2D eigenvalue weighted by molar-refractivity contribution is 7.14. The minimum atomic E-state index is 0.432. The molecule has 4 rings (SSSR count). The fourth-order valence-electron chi connectivity index (χ4n) is 3.46. The van der Waals surface area contributed by atoms with Crippen molar-refractivity contribution in [3.63, 3.8) is 0 Å². The van der Waals surface area contributed by atoms with Gasteiger partial charge < -0.3 is 20.0 Å². The van der Waals surface area contributed by atoms with Gasteiger partial charge in [0.25, 0.3) is 0 Å². The monoisotopic (exact) mass is 409 g/mol. The molecule has 6 nitrogen and oxygen atoms in total. The lowest BCUT2D eigenvalue weighted by molar-refractivity contribution is 0.463. The molecule has 1 aliphatic heterocycles. The fourth-order valence-corrected chi connectivity index (χ4v) is 4.25. The molecule has 2 N–H and O–H groups in total. The summed E-state index contributed by atoms with van der Waals surface area (Å²) >= 11 is 1.81. The third-order valence-corrected chi connectivity index (χ3v) is 5.90. The average Bonchev–Trinajstić information content (AvgIpc) is 3.46. The summed E-state index contributed by atoms with van der Waals surface area (Å²) in [5.41, 5.74) is 1.80. The molecule has 2 aromatic heterocycles. The number of aliphatic imine (C=N–C) groups is 1. The highest BCUT2D eigenvalue weighted by atomic mass is 32.1. The Bertz CT molecular complexity index is 898. The van der Waals surface area contributed by atoms with E-state index >= 15 is 0 Å². The van der Waals surface area contributed by atoms with Crippen LogP contribution >= 0.6 is 11.3 Å². The predicted octanol–water partition coefficient (Wildman–Crippen LogP) is 4.13. The lowest BCUT2D eigenvalue weighted by Gasteiger charge is -2.33. The van der Waals surface area contributed by atoms with Crippen molar-refractivity contribution in [1.29, 1.82) is 0 Å². The number of nitrogens with zero attached hydrogens (tertiary/aromatic N) is 3. The minimum Gasteiger partial charge on any atom is -0.444 e. The van der Waals surface area contributed by atoms with E-state index in [1.807, 2.05) is 41.7 Å². The van der Waals surface area contributed by atoms with Crippen molar-refractivity contribution in [1.82, 2.24) is 15.6 Å². The van der Waals surface area contributed by atoms with Gasteiger partial charge in [-0.1, -0.05) is 18.2 Å². The van der Waals surface area contributed by atoms with E-state index in [0.717, 1.165) is 49.7 Å². The van der Waals surface area contributed by atoms with Gasteiger partial charge in [-0.2, -0.15) is 0 Å². The second kappa shape index (κ2) is 9.60. The van der Waals surface area contributed by atoms with Gasteiger partial charge in [-0.3, -0.25) is 0 Å². The highest BCUT2D eigenvalue weighted by Crippen LogP contribution is 2.24. The summed E-state index contributed by atoms with van der Waals surface area (Å²) in [4.78, 5) is 11.7. The van der Waals surface area contributed by atoms with E-state index in [1.165, 1.54) is 5.00 Å². The van der Waals surface area contributed by atoms with Gasteiger partial charge in [0.2, 0.25) is 5.89 Å². The summed E-state index contributed by atoms with van der Waals surface area (Å²) in [6.07, 6.45) is 3.89. The molecule has 1 saturated heterocycles. The van der Waals surface area contributed by atoms with Crippen molar-refractivity contribution < 1.29 is 4.42 Å². The Morgan fingerprint density at radius 3 is 2.76 bits per heavy atom. The topological polar surface area (TPSA) is 65.7 Å². The molecule has 0 unspecified atom stereocenters. The number of thiophene rings is 1. The molecule has 0 aliphatic carbocycles. The number of piperidine rings is 1. The van der Waals surface area contributed by atoms with Crippen molar-refractivity contribution in [2.45, 2.75) is 32.4 Å². The first-order valence-electron chi connectivity index (χ1n) is 10.1. The number of hydrogen-bond acceptors (Lipinski definition) is 5. The van der Waals surface area contributed by atoms with Gasteiger partial charge in [0.1, 0.15) is 12.0 Å². The van der Waals surface area contributed by atoms with Crippen LogP contribution in [0.5, 0.6) is 0 Å². The highest BCUT2D eigenvalue weighted by Gasteiger charge is 2.20. The van der Waals surface area contributed by atoms with Crippen molar-refractivity contribution in [3.05, 3.63) is 59.8 Å². The smallest absolute Gasteiger partial charge is 0.226 e. The molecule has 3 aromatic rings. The number of hydrogen-bond donors (Lipinski definition) is 2. The molecule has 1 fully saturated rings. The number of nitrogens with one attached hydrogen (secondary N) is 2. The van der Waals surface area contributed by atoms with Gasteiger partial charge in [0.15, 0.2) is 5.96 Å². The van der Waals surface area contributed by atoms with Crippen molar-refractivity contribution >= 4 is 22.3 Å². The van der Waals surface area contributed by atoms with Crippen LogP contribution in [-0.2, 0) is 6.54 Å². The van der Waals surface area contributed by atoms with Crippen LogP contribution in [0.1, 0.15) is 25.5 Å². The molecule has 3 heterocycles. The van der Waals surface area contributed by atoms with Crippen LogP contribution in [0.2, 0.25) is 0 Å². The van der Waals surface area contributed by atoms with E-state index < -0.39 is 0 Å². The first kappa shape index (κ1) is 19.5. The largest absolute Gasteiger partial charge is 0.444 e. The summed E-state index contributed by atoms with van der Waals surface area (Å²) < 4.78 is 5.61. The minimum absolute atomic E-state index is 0.432. The second-order valence-electron chi connectivity index (χ2n) is 7.06. The van der Waals surface area contributed by atoms with Crippen LogP contribution in [-0.4, -0.2) is 36.6 Å². The number of oxazole rings is 1. The van der Waals surface area contributed by atoms with Crippen LogP contribution < -0.4 is 15.5 Å². The third-order valence-electron chi connectivity index (χ3n) is 4.97. The number of anilines is 1. The van der Waals surface area contributed by atoms with E-state index in [4.69, 9.17) is 9.41 Å². The lowest BCUT2D eigenvalue weighted by Crippen LogP contribution is -2.48. The fraction of sp³-hybridized carbons (Fsp3) is 0.364. The summed E-state index contributed by atoms with van der Waals surface area (Å²) in [5, 5.41) is 10.4. The first-order valence-corrected chi connectivity index (χ1v) is 11.0. The van der Waals surface area contributed by atoms with Gasteiger partial charge >= 0.3 is 0 Å². The Balaban J connectivity index is 1.33. The average molecular weight is 410 g/mol. The first-order chi connectivity index (χ1) is 14.3. The summed E-state index contributed by atoms with van der Waals surface area (Å²) in [6, 6.07) is 14.7. The molecule has 152 valence electrons. The third kappa shape index (κ3) is 5.17. The molecular weight excluding hydrogens is 382 g/mol. The van der Waals surface area contributed by atoms with Crippen molar-refractivity contribution in [2.75, 3.05) is 24.5 Å². The van der Waals surface area contributed by atoms with Gasteiger partial charge in [0, 0.05) is 31.2 Å². The van der Waals surface area contributed by atoms with Crippen LogP contribution in [0.15, 0.2) is 63.5 Å². The Labute approximate surface area is 175 Å². The van der Waals surface area contributed by atoms with Gasteiger partial charge in [-0.05, 0) is 49.4 Å². The molecule has 7 heteroatoms. The van der Waals surface area contributed by atoms with Gasteiger partial charge in [-0.15, -0.1) is 11.3 Å². The summed E-state index contributed by atoms with van der Waals surface area (Å²) in [7, 11) is 0. The predicted molar refractivity (Wildman–Crippen MR) is 119 cm³/mol. The zero-order valence-electron chi connectivity index (χ0n) is 16.7. The van der Waals surface area contributed by atoms with E-state index in [9.17, 15) is 0 Å². The maximum atomic E-state index is 5.61. The Hall–Kier alpha value is -2.80. The molecule has 0 atom stereocenters. The zero-order chi connectivity index (χ0) is 19.9. The number of benzene rings is 1. The number of aromatic nitrogens is 1. The van der Waals surface area contributed by atoms with E-state index in [1.54, 1.807) is 6.26 Å². The molecule has 0 spiro atoms. The maximum Gasteiger partial charge on any atom is 0.226 e. The van der Waals surface area contributed by atoms with Crippen molar-refractivity contribution in [2.24, 2.45) is 4.99 Å². The van der Waals surface area contributed by atoms with Crippen LogP contribution in [0.3, 0.4) is 0 Å². The van der Waals surface area contributed by atoms with Gasteiger partial charge in [-0.25, -0.2) is 9.98 Å². The molecule has 1 aromatic carbocycles. The molecule has 0 radical (unpaired) electrons. The molecular formula is C22H27N5OS. The van der Waals surface area contributed by atoms with Crippen molar-refractivity contribution in [3.8, 4) is 11.5 Å². The van der Waals surface area contributed by atoms with E-state index in [2.05, 4.69) is 45.0 Å². The van der Waals surface area contributed by atoms with E-state index in [0.29, 0.717) is 18.5 Å². The number of rotatable bonds is 6. The van der Waals surface area contributed by atoms with Crippen LogP contribution in [0.4, 0.5) is 5.00 Å². The molecule has 0 bridgehead atoms. The normalized spacial score (nSPS) is 15.5. The Morgan fingerprint density at radius 2 is 2.03 bits per heavy atom. The summed E-state index contributed by atoms with van der Waals surface area (Å²) in [6.45, 7) is 5.54. The van der Waals surface area contributed by atoms with E-state index in [-0.39, 0.29) is 0 Å². The van der Waals surface area contributed by atoms with Crippen LogP contribution in [0, 0.1) is 0 Å². The second-order valence-corrected chi connectivity index (χ2v) is 7.99. The Kier molecular flexibility index (Phi) is 6.46. The Morgan fingerprint density at radius 1 is 1.21 bits per heavy atom. The number of guanidine groups is 1. The SMILES string of the molecule is CCNC(=NCc1coc(-c2ccccc2)n1)NC1CCN(c2cccs2)CC1. The lowest BCUT2D eigenvalue weighted by atomic mass is 10.1. The molecule has 1 aliphatic rings. The zero-order valence-corrected chi connectivity index (χ0v) is 17.5.